The summed E-state index contributed by atoms with van der Waals surface area (Å²) in [6.45, 7) is 2.13. The van der Waals surface area contributed by atoms with Gasteiger partial charge in [-0.2, -0.15) is 0 Å². The Balaban J connectivity index is 1.96. The normalized spacial score (nSPS) is 33.3. The molecule has 3 aliphatic rings. The maximum absolute atomic E-state index is 10.2. The van der Waals surface area contributed by atoms with Crippen molar-refractivity contribution in [2.24, 2.45) is 0 Å². The molecule has 1 fully saturated rings. The zero-order valence-electron chi connectivity index (χ0n) is 11.0. The van der Waals surface area contributed by atoms with Crippen molar-refractivity contribution >= 4 is 0 Å². The van der Waals surface area contributed by atoms with Crippen molar-refractivity contribution in [1.82, 2.24) is 4.90 Å². The van der Waals surface area contributed by atoms with Gasteiger partial charge in [0.1, 0.15) is 5.75 Å². The smallest absolute Gasteiger partial charge is 0.115 e. The van der Waals surface area contributed by atoms with Crippen LogP contribution in [0.1, 0.15) is 30.4 Å². The SMILES string of the molecule is Oc1ccc2c(c1)[C@]13C[C@@H](O)CC=C1CCN3CC2. The maximum atomic E-state index is 10.2. The van der Waals surface area contributed by atoms with E-state index in [0.717, 1.165) is 38.8 Å². The Bertz CT molecular complexity index is 566. The zero-order valence-corrected chi connectivity index (χ0v) is 11.0. The van der Waals surface area contributed by atoms with Crippen molar-refractivity contribution in [3.05, 3.63) is 41.0 Å². The lowest BCUT2D eigenvalue weighted by atomic mass is 9.71. The van der Waals surface area contributed by atoms with E-state index in [1.807, 2.05) is 12.1 Å². The van der Waals surface area contributed by atoms with Crippen molar-refractivity contribution in [1.29, 1.82) is 0 Å². The van der Waals surface area contributed by atoms with E-state index in [-0.39, 0.29) is 11.6 Å². The molecule has 3 nitrogen and oxygen atoms in total. The van der Waals surface area contributed by atoms with Gasteiger partial charge in [-0.05, 0) is 48.1 Å². The maximum Gasteiger partial charge on any atom is 0.115 e. The Morgan fingerprint density at radius 1 is 1.21 bits per heavy atom. The first-order chi connectivity index (χ1) is 9.20. The van der Waals surface area contributed by atoms with E-state index >= 15 is 0 Å². The molecule has 2 N–H and O–H groups in total. The highest BCUT2D eigenvalue weighted by Crippen LogP contribution is 2.52. The molecule has 100 valence electrons. The number of fused-ring (bicyclic) bond motifs is 1. The van der Waals surface area contributed by atoms with Crippen molar-refractivity contribution in [3.63, 3.8) is 0 Å². The predicted molar refractivity (Wildman–Crippen MR) is 73.0 cm³/mol. The molecule has 4 rings (SSSR count). The molecule has 1 spiro atoms. The van der Waals surface area contributed by atoms with Gasteiger partial charge in [-0.25, -0.2) is 0 Å². The van der Waals surface area contributed by atoms with Gasteiger partial charge in [-0.1, -0.05) is 12.1 Å². The number of phenols is 1. The third-order valence-corrected chi connectivity index (χ3v) is 5.08. The molecule has 3 heteroatoms. The molecule has 1 aliphatic carbocycles. The van der Waals surface area contributed by atoms with Gasteiger partial charge in [-0.3, -0.25) is 4.90 Å². The summed E-state index contributed by atoms with van der Waals surface area (Å²) in [7, 11) is 0. The molecule has 1 aromatic rings. The first-order valence-electron chi connectivity index (χ1n) is 7.15. The van der Waals surface area contributed by atoms with Gasteiger partial charge < -0.3 is 10.2 Å². The summed E-state index contributed by atoms with van der Waals surface area (Å²) in [5.74, 6) is 0.335. The summed E-state index contributed by atoms with van der Waals surface area (Å²) in [5, 5.41) is 20.0. The Morgan fingerprint density at radius 3 is 2.95 bits per heavy atom. The van der Waals surface area contributed by atoms with Crippen molar-refractivity contribution in [2.45, 2.75) is 37.3 Å². The standard InChI is InChI=1S/C16H19NO2/c18-13-3-1-11-5-7-17-8-6-12-2-4-14(19)10-16(12,17)15(11)9-13/h1-3,9,14,18-19H,4-8,10H2/t14-,16-/m0/s1. The van der Waals surface area contributed by atoms with E-state index in [9.17, 15) is 10.2 Å². The van der Waals surface area contributed by atoms with Gasteiger partial charge in [0.05, 0.1) is 11.6 Å². The largest absolute Gasteiger partial charge is 0.508 e. The van der Waals surface area contributed by atoms with E-state index < -0.39 is 0 Å². The second kappa shape index (κ2) is 3.84. The summed E-state index contributed by atoms with van der Waals surface area (Å²) in [5.41, 5.74) is 3.87. The van der Waals surface area contributed by atoms with Gasteiger partial charge in [0.15, 0.2) is 0 Å². The summed E-state index contributed by atoms with van der Waals surface area (Å²) in [6.07, 6.45) is 5.65. The van der Waals surface area contributed by atoms with Crippen LogP contribution in [0.15, 0.2) is 29.8 Å². The molecule has 0 amide bonds. The van der Waals surface area contributed by atoms with Gasteiger partial charge in [0.25, 0.3) is 0 Å². The molecule has 2 atom stereocenters. The fourth-order valence-corrected chi connectivity index (χ4v) is 4.27. The molecule has 0 radical (unpaired) electrons. The number of phenolic OH excluding ortho intramolecular Hbond substituents is 1. The van der Waals surface area contributed by atoms with E-state index in [4.69, 9.17) is 0 Å². The minimum atomic E-state index is -0.266. The minimum Gasteiger partial charge on any atom is -0.508 e. The van der Waals surface area contributed by atoms with E-state index in [2.05, 4.69) is 11.0 Å². The Labute approximate surface area is 113 Å². The number of rotatable bonds is 0. The summed E-state index contributed by atoms with van der Waals surface area (Å²) >= 11 is 0. The van der Waals surface area contributed by atoms with Crippen LogP contribution >= 0.6 is 0 Å². The van der Waals surface area contributed by atoms with Crippen molar-refractivity contribution in [3.8, 4) is 5.75 Å². The number of nitrogens with zero attached hydrogens (tertiary/aromatic N) is 1. The number of aliphatic hydroxyl groups is 1. The molecule has 1 aromatic carbocycles. The van der Waals surface area contributed by atoms with Gasteiger partial charge in [0, 0.05) is 19.5 Å². The molecule has 0 aromatic heterocycles. The average Bonchev–Trinajstić information content (AvgIpc) is 2.77. The summed E-state index contributed by atoms with van der Waals surface area (Å²) < 4.78 is 0. The third kappa shape index (κ3) is 1.46. The van der Waals surface area contributed by atoms with Crippen LogP contribution < -0.4 is 0 Å². The Hall–Kier alpha value is -1.32. The molecule has 0 unspecified atom stereocenters. The lowest BCUT2D eigenvalue weighted by molar-refractivity contribution is 0.0588. The van der Waals surface area contributed by atoms with Crippen LogP contribution in [0.4, 0.5) is 0 Å². The number of benzene rings is 1. The number of aromatic hydroxyl groups is 1. The molecule has 19 heavy (non-hydrogen) atoms. The second-order valence-electron chi connectivity index (χ2n) is 6.01. The molecule has 0 bridgehead atoms. The topological polar surface area (TPSA) is 43.7 Å². The lowest BCUT2D eigenvalue weighted by Crippen LogP contribution is -2.50. The highest BCUT2D eigenvalue weighted by Gasteiger charge is 2.51. The third-order valence-electron chi connectivity index (χ3n) is 5.08. The van der Waals surface area contributed by atoms with Crippen LogP contribution in [-0.4, -0.2) is 34.3 Å². The molecule has 0 saturated carbocycles. The lowest BCUT2D eigenvalue weighted by Gasteiger charge is -2.47. The Morgan fingerprint density at radius 2 is 2.05 bits per heavy atom. The molecule has 2 heterocycles. The molecular formula is C16H19NO2. The first kappa shape index (κ1) is 11.5. The molecular weight excluding hydrogens is 238 g/mol. The quantitative estimate of drug-likeness (QED) is 0.698. The number of hydrogen-bond acceptors (Lipinski definition) is 3. The van der Waals surface area contributed by atoms with E-state index in [0.29, 0.717) is 5.75 Å². The highest BCUT2D eigenvalue weighted by molar-refractivity contribution is 5.49. The van der Waals surface area contributed by atoms with Gasteiger partial charge in [0.2, 0.25) is 0 Å². The Kier molecular flexibility index (Phi) is 2.32. The minimum absolute atomic E-state index is 0.135. The van der Waals surface area contributed by atoms with E-state index in [1.165, 1.54) is 16.7 Å². The van der Waals surface area contributed by atoms with Crippen LogP contribution in [0, 0.1) is 0 Å². The van der Waals surface area contributed by atoms with Crippen molar-refractivity contribution < 1.29 is 10.2 Å². The van der Waals surface area contributed by atoms with Crippen LogP contribution in [0.2, 0.25) is 0 Å². The van der Waals surface area contributed by atoms with Crippen LogP contribution in [0.25, 0.3) is 0 Å². The predicted octanol–water partition coefficient (Wildman–Crippen LogP) is 1.93. The fourth-order valence-electron chi connectivity index (χ4n) is 4.27. The monoisotopic (exact) mass is 257 g/mol. The van der Waals surface area contributed by atoms with E-state index in [1.54, 1.807) is 6.07 Å². The average molecular weight is 257 g/mol. The van der Waals surface area contributed by atoms with Crippen molar-refractivity contribution in [2.75, 3.05) is 13.1 Å². The van der Waals surface area contributed by atoms with Gasteiger partial charge >= 0.3 is 0 Å². The molecule has 1 saturated heterocycles. The van der Waals surface area contributed by atoms with Gasteiger partial charge in [-0.15, -0.1) is 0 Å². The molecule has 2 aliphatic heterocycles. The van der Waals surface area contributed by atoms with Crippen LogP contribution in [-0.2, 0) is 12.0 Å². The highest BCUT2D eigenvalue weighted by atomic mass is 16.3. The summed E-state index contributed by atoms with van der Waals surface area (Å²) in [4.78, 5) is 2.50. The first-order valence-corrected chi connectivity index (χ1v) is 7.15. The zero-order chi connectivity index (χ0) is 13.0. The van der Waals surface area contributed by atoms with Crippen LogP contribution in [0.3, 0.4) is 0 Å². The fraction of sp³-hybridized carbons (Fsp3) is 0.500. The number of aliphatic hydroxyl groups excluding tert-OH is 1. The second-order valence-corrected chi connectivity index (χ2v) is 6.01. The van der Waals surface area contributed by atoms with Crippen LogP contribution in [0.5, 0.6) is 5.75 Å². The number of hydrogen-bond donors (Lipinski definition) is 2. The summed E-state index contributed by atoms with van der Waals surface area (Å²) in [6, 6.07) is 5.75.